The summed E-state index contributed by atoms with van der Waals surface area (Å²) in [6, 6.07) is 13.5. The Labute approximate surface area is 158 Å². The summed E-state index contributed by atoms with van der Waals surface area (Å²) in [6.45, 7) is 14.2. The molecule has 3 rings (SSSR count). The lowest BCUT2D eigenvalue weighted by atomic mass is 9.80. The summed E-state index contributed by atoms with van der Waals surface area (Å²) in [5, 5.41) is 0. The van der Waals surface area contributed by atoms with Crippen molar-refractivity contribution in [3.63, 3.8) is 0 Å². The molecule has 5 heteroatoms. The first-order chi connectivity index (χ1) is 12.0. The van der Waals surface area contributed by atoms with Crippen LogP contribution in [0.2, 0.25) is 39.3 Å². The van der Waals surface area contributed by atoms with Crippen molar-refractivity contribution < 1.29 is 13.2 Å². The van der Waals surface area contributed by atoms with Crippen LogP contribution < -0.4 is 0 Å². The third-order valence-corrected chi connectivity index (χ3v) is 6.75. The van der Waals surface area contributed by atoms with E-state index in [0.717, 1.165) is 11.1 Å². The van der Waals surface area contributed by atoms with E-state index in [1.165, 1.54) is 11.1 Å². The smallest absolute Gasteiger partial charge is 0.183 e. The molecule has 0 atom stereocenters. The molecule has 0 radical (unpaired) electrons. The maximum atomic E-state index is 14.2. The van der Waals surface area contributed by atoms with Crippen molar-refractivity contribution in [3.8, 4) is 11.1 Å². The Hall–Kier alpha value is -1.28. The van der Waals surface area contributed by atoms with Crippen molar-refractivity contribution >= 4 is 16.6 Å². The van der Waals surface area contributed by atoms with Crippen LogP contribution in [0.5, 0.6) is 0 Å². The van der Waals surface area contributed by atoms with Crippen molar-refractivity contribution in [2.45, 2.75) is 44.7 Å². The zero-order valence-electron chi connectivity index (χ0n) is 16.7. The predicted molar refractivity (Wildman–Crippen MR) is 111 cm³/mol. The molecule has 0 heterocycles. The maximum Gasteiger partial charge on any atom is 0.183 e. The number of benzene rings is 2. The van der Waals surface area contributed by atoms with Crippen molar-refractivity contribution in [1.82, 2.24) is 0 Å². The van der Waals surface area contributed by atoms with Crippen molar-refractivity contribution in [1.29, 1.82) is 0 Å². The van der Waals surface area contributed by atoms with Crippen LogP contribution in [0.25, 0.3) is 11.1 Å². The van der Waals surface area contributed by atoms with Crippen LogP contribution in [0.4, 0.5) is 4.39 Å². The fourth-order valence-corrected chi connectivity index (χ4v) is 4.82. The Bertz CT molecular complexity index is 788. The lowest BCUT2D eigenvalue weighted by Crippen LogP contribution is -2.43. The number of rotatable bonds is 6. The molecular weight excluding hydrogens is 359 g/mol. The summed E-state index contributed by atoms with van der Waals surface area (Å²) >= 11 is 0. The molecule has 2 aromatic carbocycles. The molecule has 0 aromatic heterocycles. The third kappa shape index (κ3) is 3.86. The van der Waals surface area contributed by atoms with Gasteiger partial charge in [0.1, 0.15) is 5.82 Å². The van der Waals surface area contributed by atoms with Gasteiger partial charge in [0.2, 0.25) is 0 Å². The van der Waals surface area contributed by atoms with E-state index in [4.69, 9.17) is 8.85 Å². The van der Waals surface area contributed by atoms with Crippen LogP contribution in [-0.2, 0) is 14.3 Å². The molecular formula is C21H29FO2Si2. The normalized spacial score (nSPS) is 15.7. The second kappa shape index (κ2) is 6.71. The van der Waals surface area contributed by atoms with E-state index < -0.39 is 22.0 Å². The second-order valence-electron chi connectivity index (χ2n) is 9.12. The van der Waals surface area contributed by atoms with Crippen molar-refractivity contribution in [2.75, 3.05) is 13.2 Å². The standard InChI is InChI=1S/C21H29FO2Si2/c1-25(2,3)23-14-21(15-24-26(4,5)6)19-10-8-7-9-17(19)18-12-11-16(22)13-20(18)21/h7-13H,14-15H2,1-6H3. The van der Waals surface area contributed by atoms with Gasteiger partial charge < -0.3 is 8.85 Å². The largest absolute Gasteiger partial charge is 0.416 e. The van der Waals surface area contributed by atoms with Gasteiger partial charge in [0.25, 0.3) is 0 Å². The Morgan fingerprint density at radius 3 is 1.88 bits per heavy atom. The maximum absolute atomic E-state index is 14.2. The minimum atomic E-state index is -1.74. The lowest BCUT2D eigenvalue weighted by Gasteiger charge is -2.36. The number of halogens is 1. The third-order valence-electron chi connectivity index (χ3n) is 4.73. The van der Waals surface area contributed by atoms with E-state index in [1.807, 2.05) is 12.1 Å². The van der Waals surface area contributed by atoms with Crippen LogP contribution in [0.3, 0.4) is 0 Å². The van der Waals surface area contributed by atoms with Gasteiger partial charge in [-0.1, -0.05) is 30.3 Å². The zero-order valence-corrected chi connectivity index (χ0v) is 18.7. The van der Waals surface area contributed by atoms with Gasteiger partial charge in [-0.25, -0.2) is 4.39 Å². The lowest BCUT2D eigenvalue weighted by molar-refractivity contribution is 0.164. The summed E-state index contributed by atoms with van der Waals surface area (Å²) in [7, 11) is -3.48. The minimum Gasteiger partial charge on any atom is -0.416 e. The van der Waals surface area contributed by atoms with Gasteiger partial charge in [0, 0.05) is 13.2 Å². The summed E-state index contributed by atoms with van der Waals surface area (Å²) in [5.74, 6) is -0.207. The highest BCUT2D eigenvalue weighted by atomic mass is 28.4. The molecule has 0 saturated carbocycles. The fourth-order valence-electron chi connectivity index (χ4n) is 3.46. The summed E-state index contributed by atoms with van der Waals surface area (Å²) in [5.41, 5.74) is 4.00. The highest BCUT2D eigenvalue weighted by Gasteiger charge is 2.45. The topological polar surface area (TPSA) is 18.5 Å². The average Bonchev–Trinajstić information content (AvgIpc) is 2.80. The Kier molecular flexibility index (Phi) is 5.03. The first kappa shape index (κ1) is 19.5. The highest BCUT2D eigenvalue weighted by molar-refractivity contribution is 6.70. The van der Waals surface area contributed by atoms with Gasteiger partial charge in [-0.05, 0) is 73.7 Å². The number of hydrogen-bond acceptors (Lipinski definition) is 2. The van der Waals surface area contributed by atoms with Gasteiger partial charge in [-0.15, -0.1) is 0 Å². The first-order valence-corrected chi connectivity index (χ1v) is 16.0. The van der Waals surface area contributed by atoms with Crippen LogP contribution in [0.1, 0.15) is 11.1 Å². The summed E-state index contributed by atoms with van der Waals surface area (Å²) < 4.78 is 27.0. The van der Waals surface area contributed by atoms with Crippen molar-refractivity contribution in [3.05, 3.63) is 59.4 Å². The molecule has 0 spiro atoms. The van der Waals surface area contributed by atoms with Crippen molar-refractivity contribution in [2.24, 2.45) is 0 Å². The fraction of sp³-hybridized carbons (Fsp3) is 0.429. The Morgan fingerprint density at radius 1 is 0.769 bits per heavy atom. The van der Waals surface area contributed by atoms with Gasteiger partial charge in [0.15, 0.2) is 16.6 Å². The molecule has 0 bridgehead atoms. The van der Waals surface area contributed by atoms with Gasteiger partial charge in [-0.3, -0.25) is 0 Å². The summed E-state index contributed by atoms with van der Waals surface area (Å²) in [4.78, 5) is 0. The minimum absolute atomic E-state index is 0.207. The molecule has 0 saturated heterocycles. The molecule has 0 amide bonds. The van der Waals surface area contributed by atoms with Gasteiger partial charge in [-0.2, -0.15) is 0 Å². The average molecular weight is 389 g/mol. The second-order valence-corrected chi connectivity index (χ2v) is 18.1. The molecule has 26 heavy (non-hydrogen) atoms. The van der Waals surface area contributed by atoms with E-state index in [9.17, 15) is 4.39 Å². The van der Waals surface area contributed by atoms with E-state index in [-0.39, 0.29) is 5.82 Å². The van der Waals surface area contributed by atoms with Gasteiger partial charge in [0.05, 0.1) is 5.41 Å². The number of fused-ring (bicyclic) bond motifs is 3. The van der Waals surface area contributed by atoms with Crippen LogP contribution in [0, 0.1) is 5.82 Å². The molecule has 0 aliphatic heterocycles. The molecule has 0 N–H and O–H groups in total. The summed E-state index contributed by atoms with van der Waals surface area (Å²) in [6.07, 6.45) is 0. The van der Waals surface area contributed by atoms with E-state index in [1.54, 1.807) is 12.1 Å². The molecule has 2 nitrogen and oxygen atoms in total. The molecule has 0 unspecified atom stereocenters. The molecule has 1 aliphatic carbocycles. The predicted octanol–water partition coefficient (Wildman–Crippen LogP) is 5.80. The van der Waals surface area contributed by atoms with Crippen LogP contribution in [-0.4, -0.2) is 29.8 Å². The van der Waals surface area contributed by atoms with E-state index in [0.29, 0.717) is 13.2 Å². The molecule has 140 valence electrons. The number of hydrogen-bond donors (Lipinski definition) is 0. The monoisotopic (exact) mass is 388 g/mol. The zero-order chi connectivity index (χ0) is 19.2. The van der Waals surface area contributed by atoms with E-state index in [2.05, 4.69) is 57.5 Å². The van der Waals surface area contributed by atoms with Crippen LogP contribution in [0.15, 0.2) is 42.5 Å². The molecule has 1 aliphatic rings. The first-order valence-electron chi connectivity index (χ1n) is 9.20. The van der Waals surface area contributed by atoms with Crippen LogP contribution >= 0.6 is 0 Å². The highest BCUT2D eigenvalue weighted by Crippen LogP contribution is 2.50. The quantitative estimate of drug-likeness (QED) is 0.583. The SMILES string of the molecule is C[Si](C)(C)OCC1(CO[Si](C)(C)C)c2ccccc2-c2ccc(F)cc21. The van der Waals surface area contributed by atoms with E-state index >= 15 is 0 Å². The molecule has 2 aromatic rings. The molecule has 0 fully saturated rings. The Morgan fingerprint density at radius 2 is 1.31 bits per heavy atom. The van der Waals surface area contributed by atoms with Gasteiger partial charge >= 0.3 is 0 Å². The Balaban J connectivity index is 2.16.